The third kappa shape index (κ3) is 9.63. The number of halogens is 3. The van der Waals surface area contributed by atoms with Crippen LogP contribution in [0.3, 0.4) is 0 Å². The molecule has 1 amide bonds. The van der Waals surface area contributed by atoms with E-state index < -0.39 is 12.0 Å². The number of allylic oxidation sites excluding steroid dienone is 1. The molecule has 4 rings (SSSR count). The number of alkyl halides is 3. The first kappa shape index (κ1) is 36.7. The van der Waals surface area contributed by atoms with E-state index in [4.69, 9.17) is 9.90 Å². The lowest BCUT2D eigenvalue weighted by atomic mass is 9.97. The van der Waals surface area contributed by atoms with Crippen LogP contribution in [0.25, 0.3) is 0 Å². The lowest BCUT2D eigenvalue weighted by Gasteiger charge is -2.41. The summed E-state index contributed by atoms with van der Waals surface area (Å²) in [4.78, 5) is 25.2. The standard InChI is InChI=1S/C25H34F3N5O3.C2H6.CH4O.CH2O/c1-3-19-16-31-24(22(34)14-18(29-2)15-30-24)10-13-33(19)20-8-11-32(12-9-20)23(35)17-4-6-21(7-5-17)36-25(26,27)28;3*1-2/h4-7,14-15,19-20,29-31,34H,3,8-13,16H2,1-2H3;1-2H3;2H,1H3;1H2. The molecule has 0 radical (unpaired) electrons. The number of dihydropyridines is 1. The molecule has 238 valence electrons. The fraction of sp³-hybridized carbons (Fsp3) is 0.586. The SMILES string of the molecule is C=O.CC.CCC1CNC2(CCN1C1CCN(C(=O)c3ccc(OC(F)(F)F)cc3)CC1)NC=C(NC)C=C2O.CO. The minimum atomic E-state index is -4.76. The fourth-order valence-electron chi connectivity index (χ4n) is 5.29. The highest BCUT2D eigenvalue weighted by Crippen LogP contribution is 2.29. The first-order valence-electron chi connectivity index (χ1n) is 14.1. The van der Waals surface area contributed by atoms with Gasteiger partial charge in [-0.3, -0.25) is 15.0 Å². The van der Waals surface area contributed by atoms with Crippen LogP contribution in [0.1, 0.15) is 56.8 Å². The number of nitrogens with one attached hydrogen (secondary N) is 3. The molecule has 5 N–H and O–H groups in total. The Morgan fingerprint density at radius 1 is 1.14 bits per heavy atom. The van der Waals surface area contributed by atoms with Crippen molar-refractivity contribution in [2.75, 3.05) is 40.3 Å². The van der Waals surface area contributed by atoms with Crippen molar-refractivity contribution in [2.24, 2.45) is 0 Å². The summed E-state index contributed by atoms with van der Waals surface area (Å²) in [5, 5.41) is 27.7. The summed E-state index contributed by atoms with van der Waals surface area (Å²) in [6.07, 6.45) is 2.11. The molecular formula is C29H46F3N5O5. The minimum absolute atomic E-state index is 0.191. The average Bonchev–Trinajstić information content (AvgIpc) is 3.21. The van der Waals surface area contributed by atoms with Crippen molar-refractivity contribution in [3.8, 4) is 5.75 Å². The van der Waals surface area contributed by atoms with Gasteiger partial charge >= 0.3 is 6.36 Å². The van der Waals surface area contributed by atoms with E-state index >= 15 is 0 Å². The Balaban J connectivity index is 0.00000138. The number of hydrogen-bond donors (Lipinski definition) is 5. The molecule has 0 aliphatic carbocycles. The van der Waals surface area contributed by atoms with Gasteiger partial charge in [-0.25, -0.2) is 0 Å². The second-order valence-corrected chi connectivity index (χ2v) is 9.46. The quantitative estimate of drug-likeness (QED) is 0.345. The number of aliphatic hydroxyl groups is 2. The number of benzene rings is 1. The molecule has 3 aliphatic heterocycles. The van der Waals surface area contributed by atoms with Crippen molar-refractivity contribution < 1.29 is 37.7 Å². The van der Waals surface area contributed by atoms with Crippen molar-refractivity contribution in [3.63, 3.8) is 0 Å². The van der Waals surface area contributed by atoms with Gasteiger partial charge in [0, 0.05) is 76.7 Å². The monoisotopic (exact) mass is 601 g/mol. The molecule has 2 unspecified atom stereocenters. The van der Waals surface area contributed by atoms with Gasteiger partial charge < -0.3 is 35.3 Å². The molecule has 0 saturated carbocycles. The molecule has 2 saturated heterocycles. The lowest BCUT2D eigenvalue weighted by Crippen LogP contribution is -2.58. The summed E-state index contributed by atoms with van der Waals surface area (Å²) < 4.78 is 41.0. The van der Waals surface area contributed by atoms with Crippen molar-refractivity contribution in [3.05, 3.63) is 53.6 Å². The summed E-state index contributed by atoms with van der Waals surface area (Å²) >= 11 is 0. The molecule has 1 aromatic carbocycles. The number of amides is 1. The molecule has 0 aromatic heterocycles. The van der Waals surface area contributed by atoms with Gasteiger partial charge in [0.15, 0.2) is 0 Å². The maximum Gasteiger partial charge on any atom is 0.573 e. The smallest absolute Gasteiger partial charge is 0.508 e. The zero-order valence-electron chi connectivity index (χ0n) is 25.1. The first-order chi connectivity index (χ1) is 20.1. The third-order valence-corrected chi connectivity index (χ3v) is 7.37. The second-order valence-electron chi connectivity index (χ2n) is 9.46. The van der Waals surface area contributed by atoms with Crippen LogP contribution in [0.2, 0.25) is 0 Å². The minimum Gasteiger partial charge on any atom is -0.508 e. The number of likely N-dealkylation sites (tertiary alicyclic amines) is 1. The van der Waals surface area contributed by atoms with Gasteiger partial charge in [0.1, 0.15) is 24.0 Å². The van der Waals surface area contributed by atoms with E-state index in [1.807, 2.05) is 26.8 Å². The Hall–Kier alpha value is -3.29. The zero-order valence-corrected chi connectivity index (χ0v) is 25.1. The molecule has 0 bridgehead atoms. The van der Waals surface area contributed by atoms with Crippen molar-refractivity contribution in [1.82, 2.24) is 25.8 Å². The molecule has 1 spiro atoms. The maximum absolute atomic E-state index is 12.9. The molecule has 10 nitrogen and oxygen atoms in total. The van der Waals surface area contributed by atoms with E-state index in [0.29, 0.717) is 37.2 Å². The van der Waals surface area contributed by atoms with E-state index in [1.54, 1.807) is 18.0 Å². The molecule has 1 aromatic rings. The van der Waals surface area contributed by atoms with Crippen LogP contribution in [0.4, 0.5) is 13.2 Å². The van der Waals surface area contributed by atoms with Gasteiger partial charge in [0.2, 0.25) is 0 Å². The number of aliphatic hydroxyl groups excluding tert-OH is 2. The number of hydrogen-bond acceptors (Lipinski definition) is 9. The van der Waals surface area contributed by atoms with Crippen molar-refractivity contribution >= 4 is 12.7 Å². The van der Waals surface area contributed by atoms with E-state index in [2.05, 4.69) is 32.5 Å². The Morgan fingerprint density at radius 3 is 2.24 bits per heavy atom. The highest BCUT2D eigenvalue weighted by Gasteiger charge is 2.41. The van der Waals surface area contributed by atoms with Gasteiger partial charge in [-0.15, -0.1) is 13.2 Å². The number of rotatable bonds is 5. The summed E-state index contributed by atoms with van der Waals surface area (Å²) in [7, 11) is 2.80. The van der Waals surface area contributed by atoms with E-state index in [0.717, 1.165) is 57.3 Å². The highest BCUT2D eigenvalue weighted by molar-refractivity contribution is 5.94. The van der Waals surface area contributed by atoms with Crippen LogP contribution in [0.5, 0.6) is 5.75 Å². The number of ether oxygens (including phenoxy) is 1. The predicted molar refractivity (Wildman–Crippen MR) is 156 cm³/mol. The molecule has 13 heteroatoms. The van der Waals surface area contributed by atoms with E-state index in [9.17, 15) is 23.1 Å². The van der Waals surface area contributed by atoms with E-state index in [1.165, 1.54) is 12.1 Å². The second kappa shape index (κ2) is 17.6. The number of likely N-dealkylation sites (N-methyl/N-ethyl adjacent to an activating group) is 1. The summed E-state index contributed by atoms with van der Waals surface area (Å²) in [5.74, 6) is -0.274. The van der Waals surface area contributed by atoms with Crippen LogP contribution in [0.15, 0.2) is 48.0 Å². The topological polar surface area (TPSA) is 126 Å². The lowest BCUT2D eigenvalue weighted by molar-refractivity contribution is -0.274. The Labute approximate surface area is 246 Å². The summed E-state index contributed by atoms with van der Waals surface area (Å²) in [6, 6.07) is 5.66. The van der Waals surface area contributed by atoms with Gasteiger partial charge in [-0.1, -0.05) is 20.8 Å². The Morgan fingerprint density at radius 2 is 1.74 bits per heavy atom. The number of carbonyl (C=O) groups excluding carboxylic acids is 2. The highest BCUT2D eigenvalue weighted by atomic mass is 19.4. The number of piperidine rings is 1. The number of carbonyl (C=O) groups is 2. The fourth-order valence-corrected chi connectivity index (χ4v) is 5.29. The predicted octanol–water partition coefficient (Wildman–Crippen LogP) is 3.52. The van der Waals surface area contributed by atoms with Crippen LogP contribution in [-0.2, 0) is 4.79 Å². The van der Waals surface area contributed by atoms with E-state index in [-0.39, 0.29) is 17.4 Å². The van der Waals surface area contributed by atoms with Crippen LogP contribution in [0, 0.1) is 0 Å². The maximum atomic E-state index is 12.9. The summed E-state index contributed by atoms with van der Waals surface area (Å²) in [6.45, 7) is 10.8. The van der Waals surface area contributed by atoms with Crippen LogP contribution < -0.4 is 20.7 Å². The first-order valence-corrected chi connectivity index (χ1v) is 14.1. The normalized spacial score (nSPS) is 22.7. The van der Waals surface area contributed by atoms with Gasteiger partial charge in [0.05, 0.1) is 5.70 Å². The molecule has 3 heterocycles. The van der Waals surface area contributed by atoms with Gasteiger partial charge in [0.25, 0.3) is 5.91 Å². The van der Waals surface area contributed by atoms with Crippen molar-refractivity contribution in [1.29, 1.82) is 0 Å². The van der Waals surface area contributed by atoms with Gasteiger partial charge in [-0.05, 0) is 43.5 Å². The largest absolute Gasteiger partial charge is 0.573 e. The molecular weight excluding hydrogens is 555 g/mol. The number of nitrogens with zero attached hydrogens (tertiary/aromatic N) is 2. The van der Waals surface area contributed by atoms with Crippen LogP contribution in [-0.4, -0.2) is 97.2 Å². The molecule has 42 heavy (non-hydrogen) atoms. The molecule has 3 aliphatic rings. The zero-order chi connectivity index (χ0) is 31.9. The average molecular weight is 602 g/mol. The van der Waals surface area contributed by atoms with Crippen molar-refractivity contribution in [2.45, 2.75) is 70.6 Å². The Bertz CT molecular complexity index is 1010. The third-order valence-electron chi connectivity index (χ3n) is 7.37. The molecule has 2 fully saturated rings. The van der Waals surface area contributed by atoms with Gasteiger partial charge in [-0.2, -0.15) is 0 Å². The molecule has 2 atom stereocenters. The Kier molecular flexibility index (Phi) is 15.4. The summed E-state index contributed by atoms with van der Waals surface area (Å²) in [5.41, 5.74) is 0.462. The van der Waals surface area contributed by atoms with Crippen LogP contribution >= 0.6 is 0 Å².